The molecule has 106 valence electrons. The van der Waals surface area contributed by atoms with E-state index < -0.39 is 17.5 Å². The monoisotopic (exact) mass is 271 g/mol. The van der Waals surface area contributed by atoms with Crippen molar-refractivity contribution in [1.82, 2.24) is 5.32 Å². The first-order chi connectivity index (χ1) is 9.02. The van der Waals surface area contributed by atoms with Crippen LogP contribution in [0.25, 0.3) is 0 Å². The highest BCUT2D eigenvalue weighted by atomic mass is 19.2. The summed E-state index contributed by atoms with van der Waals surface area (Å²) in [6.45, 7) is 5.67. The van der Waals surface area contributed by atoms with Crippen LogP contribution in [0.1, 0.15) is 30.6 Å². The van der Waals surface area contributed by atoms with E-state index in [0.717, 1.165) is 6.07 Å². The number of carbonyl (C=O) groups excluding carboxylic acids is 1. The van der Waals surface area contributed by atoms with Gasteiger partial charge in [-0.3, -0.25) is 4.79 Å². The summed E-state index contributed by atoms with van der Waals surface area (Å²) in [7, 11) is 0. The molecule has 5 heteroatoms. The van der Waals surface area contributed by atoms with Gasteiger partial charge in [0.15, 0.2) is 11.6 Å². The van der Waals surface area contributed by atoms with Crippen LogP contribution in [0.15, 0.2) is 18.2 Å². The van der Waals surface area contributed by atoms with Crippen LogP contribution < -0.4 is 5.32 Å². The van der Waals surface area contributed by atoms with Crippen molar-refractivity contribution in [3.63, 3.8) is 0 Å². The fourth-order valence-corrected chi connectivity index (χ4v) is 1.47. The van der Waals surface area contributed by atoms with Gasteiger partial charge in [0.1, 0.15) is 0 Å². The third-order valence-corrected chi connectivity index (χ3v) is 2.40. The SMILES string of the molecule is CC(C)COCCCNC(=O)c1cccc(F)c1F. The van der Waals surface area contributed by atoms with Crippen LogP contribution in [-0.2, 0) is 4.74 Å². The van der Waals surface area contributed by atoms with Crippen molar-refractivity contribution < 1.29 is 18.3 Å². The highest BCUT2D eigenvalue weighted by molar-refractivity contribution is 5.94. The summed E-state index contributed by atoms with van der Waals surface area (Å²) in [5.41, 5.74) is -0.275. The van der Waals surface area contributed by atoms with Gasteiger partial charge < -0.3 is 10.1 Å². The molecule has 0 aliphatic carbocycles. The summed E-state index contributed by atoms with van der Waals surface area (Å²) in [6.07, 6.45) is 0.634. The van der Waals surface area contributed by atoms with Gasteiger partial charge in [-0.05, 0) is 24.5 Å². The zero-order valence-electron chi connectivity index (χ0n) is 11.2. The van der Waals surface area contributed by atoms with E-state index in [2.05, 4.69) is 19.2 Å². The number of rotatable bonds is 7. The van der Waals surface area contributed by atoms with Gasteiger partial charge in [-0.15, -0.1) is 0 Å². The lowest BCUT2D eigenvalue weighted by Crippen LogP contribution is -2.26. The Morgan fingerprint density at radius 3 is 2.79 bits per heavy atom. The van der Waals surface area contributed by atoms with E-state index in [4.69, 9.17) is 4.74 Å². The van der Waals surface area contributed by atoms with Gasteiger partial charge in [-0.2, -0.15) is 0 Å². The molecule has 3 nitrogen and oxygen atoms in total. The second-order valence-corrected chi connectivity index (χ2v) is 4.68. The van der Waals surface area contributed by atoms with Gasteiger partial charge in [-0.25, -0.2) is 8.78 Å². The Bertz CT molecular complexity index is 422. The predicted molar refractivity (Wildman–Crippen MR) is 69.0 cm³/mol. The summed E-state index contributed by atoms with van der Waals surface area (Å²) in [5.74, 6) is -2.28. The Kier molecular flexibility index (Phi) is 6.42. The number of nitrogens with one attached hydrogen (secondary N) is 1. The number of carbonyl (C=O) groups is 1. The minimum atomic E-state index is -1.11. The molecule has 0 bridgehead atoms. The molecular weight excluding hydrogens is 252 g/mol. The van der Waals surface area contributed by atoms with E-state index in [0.29, 0.717) is 32.1 Å². The van der Waals surface area contributed by atoms with Crippen LogP contribution in [0.5, 0.6) is 0 Å². The molecule has 0 spiro atoms. The number of benzene rings is 1. The topological polar surface area (TPSA) is 38.3 Å². The van der Waals surface area contributed by atoms with E-state index in [1.54, 1.807) is 0 Å². The molecule has 1 N–H and O–H groups in total. The fourth-order valence-electron chi connectivity index (χ4n) is 1.47. The molecular formula is C14H19F2NO2. The normalized spacial score (nSPS) is 10.8. The van der Waals surface area contributed by atoms with E-state index >= 15 is 0 Å². The zero-order chi connectivity index (χ0) is 14.3. The lowest BCUT2D eigenvalue weighted by Gasteiger charge is -2.08. The number of ether oxygens (including phenoxy) is 1. The molecule has 0 atom stereocenters. The summed E-state index contributed by atoms with van der Waals surface area (Å²) in [5, 5.41) is 2.53. The largest absolute Gasteiger partial charge is 0.381 e. The molecule has 19 heavy (non-hydrogen) atoms. The minimum absolute atomic E-state index is 0.275. The Labute approximate surface area is 112 Å². The van der Waals surface area contributed by atoms with Crippen LogP contribution in [0.2, 0.25) is 0 Å². The first-order valence-corrected chi connectivity index (χ1v) is 6.32. The Morgan fingerprint density at radius 1 is 1.37 bits per heavy atom. The maximum atomic E-state index is 13.3. The number of amides is 1. The molecule has 0 unspecified atom stereocenters. The van der Waals surface area contributed by atoms with Crippen molar-refractivity contribution in [3.8, 4) is 0 Å². The number of hydrogen-bond acceptors (Lipinski definition) is 2. The molecule has 0 heterocycles. The first-order valence-electron chi connectivity index (χ1n) is 6.32. The lowest BCUT2D eigenvalue weighted by molar-refractivity contribution is 0.0920. The third kappa shape index (κ3) is 5.34. The van der Waals surface area contributed by atoms with Crippen LogP contribution in [0.4, 0.5) is 8.78 Å². The molecule has 0 saturated heterocycles. The summed E-state index contributed by atoms with van der Waals surface area (Å²) < 4.78 is 31.6. The van der Waals surface area contributed by atoms with Crippen molar-refractivity contribution in [1.29, 1.82) is 0 Å². The van der Waals surface area contributed by atoms with Crippen molar-refractivity contribution in [2.24, 2.45) is 5.92 Å². The molecule has 0 radical (unpaired) electrons. The van der Waals surface area contributed by atoms with Gasteiger partial charge in [0.05, 0.1) is 5.56 Å². The second-order valence-electron chi connectivity index (χ2n) is 4.68. The first kappa shape index (κ1) is 15.6. The fraction of sp³-hybridized carbons (Fsp3) is 0.500. The van der Waals surface area contributed by atoms with Crippen LogP contribution in [0.3, 0.4) is 0 Å². The molecule has 0 aliphatic heterocycles. The molecule has 0 saturated carbocycles. The summed E-state index contributed by atoms with van der Waals surface area (Å²) in [6, 6.07) is 3.54. The van der Waals surface area contributed by atoms with E-state index in [1.807, 2.05) is 0 Å². The molecule has 1 aromatic rings. The van der Waals surface area contributed by atoms with Crippen molar-refractivity contribution in [2.75, 3.05) is 19.8 Å². The molecule has 1 rings (SSSR count). The van der Waals surface area contributed by atoms with Crippen LogP contribution in [-0.4, -0.2) is 25.7 Å². The van der Waals surface area contributed by atoms with Crippen molar-refractivity contribution >= 4 is 5.91 Å². The Morgan fingerprint density at radius 2 is 2.11 bits per heavy atom. The zero-order valence-corrected chi connectivity index (χ0v) is 11.2. The molecule has 1 aromatic carbocycles. The highest BCUT2D eigenvalue weighted by Gasteiger charge is 2.14. The predicted octanol–water partition coefficient (Wildman–Crippen LogP) is 2.76. The van der Waals surface area contributed by atoms with E-state index in [-0.39, 0.29) is 5.56 Å². The highest BCUT2D eigenvalue weighted by Crippen LogP contribution is 2.10. The average Bonchev–Trinajstić information content (AvgIpc) is 2.36. The molecule has 0 aliphatic rings. The lowest BCUT2D eigenvalue weighted by atomic mass is 10.2. The Hall–Kier alpha value is -1.49. The smallest absolute Gasteiger partial charge is 0.254 e. The van der Waals surface area contributed by atoms with Gasteiger partial charge in [0.25, 0.3) is 5.91 Å². The van der Waals surface area contributed by atoms with E-state index in [9.17, 15) is 13.6 Å². The average molecular weight is 271 g/mol. The summed E-state index contributed by atoms with van der Waals surface area (Å²) >= 11 is 0. The molecule has 0 aromatic heterocycles. The molecule has 1 amide bonds. The molecule has 0 fully saturated rings. The third-order valence-electron chi connectivity index (χ3n) is 2.40. The van der Waals surface area contributed by atoms with Crippen molar-refractivity contribution in [3.05, 3.63) is 35.4 Å². The standard InChI is InChI=1S/C14H19F2NO2/c1-10(2)9-19-8-4-7-17-14(18)11-5-3-6-12(15)13(11)16/h3,5-6,10H,4,7-9H2,1-2H3,(H,17,18). The van der Waals surface area contributed by atoms with Gasteiger partial charge in [0, 0.05) is 19.8 Å². The van der Waals surface area contributed by atoms with Crippen molar-refractivity contribution in [2.45, 2.75) is 20.3 Å². The van der Waals surface area contributed by atoms with Crippen LogP contribution >= 0.6 is 0 Å². The van der Waals surface area contributed by atoms with Gasteiger partial charge >= 0.3 is 0 Å². The van der Waals surface area contributed by atoms with Crippen LogP contribution in [0, 0.1) is 17.6 Å². The quantitative estimate of drug-likeness (QED) is 0.774. The minimum Gasteiger partial charge on any atom is -0.381 e. The Balaban J connectivity index is 2.30. The maximum absolute atomic E-state index is 13.3. The van der Waals surface area contributed by atoms with Gasteiger partial charge in [0.2, 0.25) is 0 Å². The second kappa shape index (κ2) is 7.84. The van der Waals surface area contributed by atoms with E-state index in [1.165, 1.54) is 12.1 Å². The van der Waals surface area contributed by atoms with Gasteiger partial charge in [-0.1, -0.05) is 19.9 Å². The summed E-state index contributed by atoms with van der Waals surface area (Å²) in [4.78, 5) is 11.6. The number of hydrogen-bond donors (Lipinski definition) is 1. The number of halogens is 2. The maximum Gasteiger partial charge on any atom is 0.254 e.